The first-order chi connectivity index (χ1) is 7.70. The summed E-state index contributed by atoms with van der Waals surface area (Å²) in [7, 11) is 0. The molecule has 1 unspecified atom stereocenters. The van der Waals surface area contributed by atoms with Crippen LogP contribution in [0, 0.1) is 0 Å². The number of nitrogens with one attached hydrogen (secondary N) is 1. The topological polar surface area (TPSA) is 72.9 Å². The summed E-state index contributed by atoms with van der Waals surface area (Å²) in [5, 5.41) is 2.88. The first-order valence-corrected chi connectivity index (χ1v) is 5.71. The van der Waals surface area contributed by atoms with Crippen LogP contribution in [0.1, 0.15) is 31.1 Å². The highest BCUT2D eigenvalue weighted by Gasteiger charge is 2.24. The number of nitrogens with two attached hydrogens (primary N) is 1. The fourth-order valence-electron chi connectivity index (χ4n) is 1.94. The molecule has 0 radical (unpaired) electrons. The minimum atomic E-state index is -0.235. The van der Waals surface area contributed by atoms with Crippen LogP contribution in [-0.2, 0) is 4.79 Å². The highest BCUT2D eigenvalue weighted by molar-refractivity contribution is 7.80. The van der Waals surface area contributed by atoms with Gasteiger partial charge >= 0.3 is 0 Å². The number of rotatable bonds is 2. The second-order valence-electron chi connectivity index (χ2n) is 3.82. The summed E-state index contributed by atoms with van der Waals surface area (Å²) in [6.07, 6.45) is 6.20. The van der Waals surface area contributed by atoms with E-state index < -0.39 is 0 Å². The zero-order valence-corrected chi connectivity index (χ0v) is 9.67. The highest BCUT2D eigenvalue weighted by atomic mass is 32.1. The predicted octanol–water partition coefficient (Wildman–Crippen LogP) is 0.358. The lowest BCUT2D eigenvalue weighted by Gasteiger charge is -2.16. The van der Waals surface area contributed by atoms with Gasteiger partial charge in [-0.2, -0.15) is 0 Å². The third-order valence-electron chi connectivity index (χ3n) is 2.73. The van der Waals surface area contributed by atoms with Gasteiger partial charge in [-0.1, -0.05) is 12.2 Å². The molecule has 0 spiro atoms. The molecule has 0 bridgehead atoms. The number of carbonyl (C=O) groups excluding carboxylic acids is 1. The monoisotopic (exact) mass is 238 g/mol. The van der Waals surface area contributed by atoms with Gasteiger partial charge < -0.3 is 15.6 Å². The molecular weight excluding hydrogens is 224 g/mol. The molecule has 1 fully saturated rings. The van der Waals surface area contributed by atoms with Crippen molar-refractivity contribution in [3.63, 3.8) is 0 Å². The Morgan fingerprint density at radius 1 is 1.62 bits per heavy atom. The largest absolute Gasteiger partial charge is 0.387 e. The number of nitrogens with zero attached hydrogens (tertiary/aromatic N) is 2. The van der Waals surface area contributed by atoms with E-state index in [0.717, 1.165) is 25.8 Å². The molecule has 1 aromatic rings. The number of hydrogen-bond donors (Lipinski definition) is 2. The van der Waals surface area contributed by atoms with Gasteiger partial charge in [0.25, 0.3) is 0 Å². The second-order valence-corrected chi connectivity index (χ2v) is 4.26. The first kappa shape index (κ1) is 11.1. The van der Waals surface area contributed by atoms with Crippen molar-refractivity contribution in [2.45, 2.75) is 25.3 Å². The van der Waals surface area contributed by atoms with Crippen LogP contribution in [-0.4, -0.2) is 27.0 Å². The maximum atomic E-state index is 11.8. The Bertz CT molecular complexity index is 415. The Morgan fingerprint density at radius 2 is 2.44 bits per heavy atom. The molecule has 3 N–H and O–H groups in total. The normalized spacial score (nSPS) is 21.2. The summed E-state index contributed by atoms with van der Waals surface area (Å²) in [5.41, 5.74) is 5.57. The van der Waals surface area contributed by atoms with E-state index in [1.807, 2.05) is 0 Å². The Labute approximate surface area is 99.0 Å². The van der Waals surface area contributed by atoms with E-state index in [1.165, 1.54) is 0 Å². The zero-order chi connectivity index (χ0) is 11.5. The molecule has 1 aliphatic heterocycles. The highest BCUT2D eigenvalue weighted by Crippen LogP contribution is 2.19. The van der Waals surface area contributed by atoms with Gasteiger partial charge in [0.15, 0.2) is 5.82 Å². The molecule has 2 heterocycles. The van der Waals surface area contributed by atoms with Crippen LogP contribution in [0.3, 0.4) is 0 Å². The number of aromatic nitrogens is 2. The lowest BCUT2D eigenvalue weighted by Crippen LogP contribution is -2.32. The molecule has 1 aromatic heterocycles. The minimum absolute atomic E-state index is 0.0213. The SMILES string of the molecule is NC(=S)c1nccn1C1CCCCNC1=O. The molecular formula is C10H14N4OS. The van der Waals surface area contributed by atoms with E-state index >= 15 is 0 Å². The predicted molar refractivity (Wildman–Crippen MR) is 64.0 cm³/mol. The first-order valence-electron chi connectivity index (χ1n) is 5.30. The lowest BCUT2D eigenvalue weighted by atomic mass is 10.1. The van der Waals surface area contributed by atoms with Gasteiger partial charge in [-0.3, -0.25) is 4.79 Å². The summed E-state index contributed by atoms with van der Waals surface area (Å²) in [6, 6.07) is -0.235. The van der Waals surface area contributed by atoms with Crippen LogP contribution in [0.15, 0.2) is 12.4 Å². The van der Waals surface area contributed by atoms with E-state index in [2.05, 4.69) is 10.3 Å². The van der Waals surface area contributed by atoms with Crippen molar-refractivity contribution < 1.29 is 4.79 Å². The van der Waals surface area contributed by atoms with Gasteiger partial charge in [0, 0.05) is 18.9 Å². The summed E-state index contributed by atoms with van der Waals surface area (Å²) >= 11 is 4.91. The van der Waals surface area contributed by atoms with Gasteiger partial charge in [-0.25, -0.2) is 4.98 Å². The van der Waals surface area contributed by atoms with E-state index in [1.54, 1.807) is 17.0 Å². The molecule has 5 nitrogen and oxygen atoms in total. The van der Waals surface area contributed by atoms with Crippen LogP contribution < -0.4 is 11.1 Å². The molecule has 1 atom stereocenters. The molecule has 1 saturated heterocycles. The van der Waals surface area contributed by atoms with E-state index in [4.69, 9.17) is 18.0 Å². The molecule has 1 aliphatic rings. The minimum Gasteiger partial charge on any atom is -0.387 e. The molecule has 6 heteroatoms. The quantitative estimate of drug-likeness (QED) is 0.730. The molecule has 0 aromatic carbocycles. The van der Waals surface area contributed by atoms with Crippen LogP contribution in [0.5, 0.6) is 0 Å². The molecule has 2 rings (SSSR count). The molecule has 1 amide bonds. The summed E-state index contributed by atoms with van der Waals surface area (Å²) in [4.78, 5) is 16.1. The Kier molecular flexibility index (Phi) is 3.19. The standard InChI is InChI=1S/C10H14N4OS/c11-8(16)9-12-5-6-14(9)7-3-1-2-4-13-10(7)15/h5-7H,1-4H2,(H2,11,16)(H,13,15). The maximum absolute atomic E-state index is 11.8. The van der Waals surface area contributed by atoms with Crippen molar-refractivity contribution in [2.24, 2.45) is 5.73 Å². The maximum Gasteiger partial charge on any atom is 0.243 e. The van der Waals surface area contributed by atoms with Crippen molar-refractivity contribution in [2.75, 3.05) is 6.54 Å². The Balaban J connectivity index is 2.30. The van der Waals surface area contributed by atoms with E-state index in [9.17, 15) is 4.79 Å². The van der Waals surface area contributed by atoms with Gasteiger partial charge in [-0.15, -0.1) is 0 Å². The van der Waals surface area contributed by atoms with Crippen LogP contribution in [0.4, 0.5) is 0 Å². The van der Waals surface area contributed by atoms with Gasteiger partial charge in [0.05, 0.1) is 0 Å². The molecule has 16 heavy (non-hydrogen) atoms. The van der Waals surface area contributed by atoms with Crippen LogP contribution in [0.25, 0.3) is 0 Å². The zero-order valence-electron chi connectivity index (χ0n) is 8.85. The fourth-order valence-corrected chi connectivity index (χ4v) is 2.10. The third-order valence-corrected chi connectivity index (χ3v) is 2.91. The average Bonchev–Trinajstić information content (AvgIpc) is 2.63. The summed E-state index contributed by atoms with van der Waals surface area (Å²) < 4.78 is 1.77. The number of thiocarbonyl (C=S) groups is 1. The van der Waals surface area contributed by atoms with Crippen LogP contribution in [0.2, 0.25) is 0 Å². The summed E-state index contributed by atoms with van der Waals surface area (Å²) in [6.45, 7) is 0.742. The fraction of sp³-hybridized carbons (Fsp3) is 0.500. The van der Waals surface area contributed by atoms with Gasteiger partial charge in [-0.05, 0) is 19.3 Å². The average molecular weight is 238 g/mol. The third kappa shape index (κ3) is 2.06. The number of carbonyl (C=O) groups is 1. The number of amides is 1. The Hall–Kier alpha value is -1.43. The van der Waals surface area contributed by atoms with E-state index in [-0.39, 0.29) is 16.9 Å². The smallest absolute Gasteiger partial charge is 0.243 e. The van der Waals surface area contributed by atoms with E-state index in [0.29, 0.717) is 5.82 Å². The van der Waals surface area contributed by atoms with Crippen molar-refractivity contribution in [1.82, 2.24) is 14.9 Å². The summed E-state index contributed by atoms with van der Waals surface area (Å²) in [5.74, 6) is 0.532. The van der Waals surface area contributed by atoms with Crippen LogP contribution >= 0.6 is 12.2 Å². The molecule has 86 valence electrons. The van der Waals surface area contributed by atoms with Crippen molar-refractivity contribution in [3.8, 4) is 0 Å². The number of hydrogen-bond acceptors (Lipinski definition) is 3. The molecule has 0 saturated carbocycles. The molecule has 0 aliphatic carbocycles. The number of imidazole rings is 1. The van der Waals surface area contributed by atoms with Crippen molar-refractivity contribution in [3.05, 3.63) is 18.2 Å². The van der Waals surface area contributed by atoms with Gasteiger partial charge in [0.2, 0.25) is 5.91 Å². The lowest BCUT2D eigenvalue weighted by molar-refractivity contribution is -0.124. The van der Waals surface area contributed by atoms with Crippen molar-refractivity contribution in [1.29, 1.82) is 0 Å². The van der Waals surface area contributed by atoms with Gasteiger partial charge in [0.1, 0.15) is 11.0 Å². The Morgan fingerprint density at radius 3 is 3.19 bits per heavy atom. The second kappa shape index (κ2) is 4.61. The van der Waals surface area contributed by atoms with Crippen molar-refractivity contribution >= 4 is 23.1 Å².